The highest BCUT2D eigenvalue weighted by Crippen LogP contribution is 2.30. The van der Waals surface area contributed by atoms with Crippen molar-refractivity contribution in [1.29, 1.82) is 0 Å². The van der Waals surface area contributed by atoms with E-state index in [1.165, 1.54) is 18.2 Å². The van der Waals surface area contributed by atoms with Crippen LogP contribution in [0.15, 0.2) is 42.5 Å². The molecule has 2 rings (SSSR count). The van der Waals surface area contributed by atoms with Crippen LogP contribution in [0.3, 0.4) is 0 Å². The fourth-order valence-electron chi connectivity index (χ4n) is 1.92. The number of nitro groups is 1. The summed E-state index contributed by atoms with van der Waals surface area (Å²) in [7, 11) is 0. The van der Waals surface area contributed by atoms with Crippen molar-refractivity contribution in [2.75, 3.05) is 5.32 Å². The highest BCUT2D eigenvalue weighted by atomic mass is 35.5. The van der Waals surface area contributed by atoms with Crippen molar-refractivity contribution in [3.8, 4) is 0 Å². The molecule has 0 aliphatic heterocycles. The van der Waals surface area contributed by atoms with E-state index in [2.05, 4.69) is 5.32 Å². The van der Waals surface area contributed by atoms with Crippen molar-refractivity contribution in [3.63, 3.8) is 0 Å². The number of benzene rings is 2. The molecule has 0 fully saturated rings. The molecule has 0 bridgehead atoms. The summed E-state index contributed by atoms with van der Waals surface area (Å²) in [6.07, 6.45) is 0. The van der Waals surface area contributed by atoms with Crippen LogP contribution >= 0.6 is 11.6 Å². The second-order valence-electron chi connectivity index (χ2n) is 4.31. The Hall–Kier alpha value is -2.14. The molecule has 0 saturated carbocycles. The minimum absolute atomic E-state index is 0.0161. The lowest BCUT2D eigenvalue weighted by Gasteiger charge is -2.17. The number of anilines is 1. The third-order valence-electron chi connectivity index (χ3n) is 2.90. The van der Waals surface area contributed by atoms with Crippen LogP contribution in [0.5, 0.6) is 0 Å². The summed E-state index contributed by atoms with van der Waals surface area (Å²) < 4.78 is 13.0. The average molecular weight is 295 g/mol. The Morgan fingerprint density at radius 2 is 2.00 bits per heavy atom. The van der Waals surface area contributed by atoms with E-state index in [0.717, 1.165) is 0 Å². The van der Waals surface area contributed by atoms with Crippen molar-refractivity contribution in [2.24, 2.45) is 0 Å². The van der Waals surface area contributed by atoms with Crippen molar-refractivity contribution < 1.29 is 9.31 Å². The largest absolute Gasteiger partial charge is 0.373 e. The van der Waals surface area contributed by atoms with E-state index in [4.69, 9.17) is 11.6 Å². The summed E-state index contributed by atoms with van der Waals surface area (Å²) in [5, 5.41) is 14.2. The Balaban J connectivity index is 2.28. The molecular formula is C14H12ClFN2O2. The highest BCUT2D eigenvalue weighted by Gasteiger charge is 2.16. The molecule has 2 aromatic carbocycles. The second-order valence-corrected chi connectivity index (χ2v) is 4.71. The van der Waals surface area contributed by atoms with Crippen molar-refractivity contribution >= 4 is 23.0 Å². The topological polar surface area (TPSA) is 55.2 Å². The minimum atomic E-state index is -0.457. The molecule has 1 atom stereocenters. The normalized spacial score (nSPS) is 11.9. The van der Waals surface area contributed by atoms with Crippen LogP contribution in [0.2, 0.25) is 5.02 Å². The van der Waals surface area contributed by atoms with Crippen molar-refractivity contribution in [2.45, 2.75) is 13.0 Å². The van der Waals surface area contributed by atoms with Gasteiger partial charge in [0, 0.05) is 11.1 Å². The zero-order valence-corrected chi connectivity index (χ0v) is 11.4. The molecule has 0 spiro atoms. The van der Waals surface area contributed by atoms with Gasteiger partial charge in [-0.2, -0.15) is 0 Å². The molecule has 0 aliphatic carbocycles. The number of hydrogen-bond acceptors (Lipinski definition) is 3. The maximum absolute atomic E-state index is 13.0. The Bertz CT molecular complexity index is 649. The average Bonchev–Trinajstić information content (AvgIpc) is 2.38. The zero-order valence-electron chi connectivity index (χ0n) is 10.6. The number of halogens is 2. The first kappa shape index (κ1) is 14.3. The van der Waals surface area contributed by atoms with Gasteiger partial charge in [0.15, 0.2) is 0 Å². The fraction of sp³-hybridized carbons (Fsp3) is 0.143. The first-order valence-corrected chi connectivity index (χ1v) is 6.31. The van der Waals surface area contributed by atoms with E-state index in [1.807, 2.05) is 0 Å². The van der Waals surface area contributed by atoms with E-state index < -0.39 is 10.7 Å². The van der Waals surface area contributed by atoms with Crippen LogP contribution in [0.4, 0.5) is 15.8 Å². The van der Waals surface area contributed by atoms with Crippen molar-refractivity contribution in [3.05, 3.63) is 69.0 Å². The van der Waals surface area contributed by atoms with Crippen LogP contribution in [-0.4, -0.2) is 4.92 Å². The lowest BCUT2D eigenvalue weighted by atomic mass is 10.1. The van der Waals surface area contributed by atoms with Crippen molar-refractivity contribution in [1.82, 2.24) is 0 Å². The Labute approximate surface area is 120 Å². The van der Waals surface area contributed by atoms with Gasteiger partial charge in [-0.1, -0.05) is 29.8 Å². The zero-order chi connectivity index (χ0) is 14.7. The monoisotopic (exact) mass is 294 g/mol. The van der Waals surface area contributed by atoms with Gasteiger partial charge in [0.05, 0.1) is 11.0 Å². The molecule has 0 aromatic heterocycles. The predicted octanol–water partition coefficient (Wildman–Crippen LogP) is 4.56. The first-order valence-electron chi connectivity index (χ1n) is 5.94. The summed E-state index contributed by atoms with van der Waals surface area (Å²) in [5.41, 5.74) is 1.05. The number of nitrogens with one attached hydrogen (secondary N) is 1. The molecule has 0 radical (unpaired) electrons. The van der Waals surface area contributed by atoms with Gasteiger partial charge in [0.2, 0.25) is 0 Å². The van der Waals surface area contributed by atoms with Gasteiger partial charge < -0.3 is 5.32 Å². The lowest BCUT2D eigenvalue weighted by molar-refractivity contribution is -0.384. The SMILES string of the molecule is CC(Nc1ccccc1[N+](=O)[O-])c1ccc(F)cc1Cl. The fourth-order valence-corrected chi connectivity index (χ4v) is 2.25. The molecule has 1 N–H and O–H groups in total. The molecule has 104 valence electrons. The van der Waals surface area contributed by atoms with Crippen LogP contribution in [-0.2, 0) is 0 Å². The summed E-state index contributed by atoms with van der Waals surface area (Å²) in [5.74, 6) is -0.420. The minimum Gasteiger partial charge on any atom is -0.373 e. The standard InChI is InChI=1S/C14H12ClFN2O2/c1-9(11-7-6-10(16)8-12(11)15)17-13-4-2-3-5-14(13)18(19)20/h2-9,17H,1H3. The van der Waals surface area contributed by atoms with Crippen LogP contribution < -0.4 is 5.32 Å². The Morgan fingerprint density at radius 1 is 1.30 bits per heavy atom. The number of nitrogens with zero attached hydrogens (tertiary/aromatic N) is 1. The van der Waals surface area contributed by atoms with Crippen LogP contribution in [0.25, 0.3) is 0 Å². The first-order chi connectivity index (χ1) is 9.49. The van der Waals surface area contributed by atoms with E-state index in [1.54, 1.807) is 31.2 Å². The molecule has 0 aliphatic rings. The maximum atomic E-state index is 13.0. The number of para-hydroxylation sites is 2. The number of nitro benzene ring substituents is 1. The molecule has 0 heterocycles. The second kappa shape index (κ2) is 5.88. The molecule has 20 heavy (non-hydrogen) atoms. The predicted molar refractivity (Wildman–Crippen MR) is 76.5 cm³/mol. The van der Waals surface area contributed by atoms with E-state index in [0.29, 0.717) is 11.3 Å². The number of hydrogen-bond donors (Lipinski definition) is 1. The molecule has 1 unspecified atom stereocenters. The van der Waals surface area contributed by atoms with Crippen LogP contribution in [0.1, 0.15) is 18.5 Å². The van der Waals surface area contributed by atoms with E-state index in [-0.39, 0.29) is 16.8 Å². The lowest BCUT2D eigenvalue weighted by Crippen LogP contribution is -2.09. The molecule has 4 nitrogen and oxygen atoms in total. The van der Waals surface area contributed by atoms with Gasteiger partial charge in [0.25, 0.3) is 5.69 Å². The quantitative estimate of drug-likeness (QED) is 0.664. The summed E-state index contributed by atoms with van der Waals surface area (Å²) >= 11 is 5.98. The van der Waals surface area contributed by atoms with E-state index >= 15 is 0 Å². The summed E-state index contributed by atoms with van der Waals surface area (Å²) in [6.45, 7) is 1.80. The van der Waals surface area contributed by atoms with Crippen LogP contribution in [0, 0.1) is 15.9 Å². The molecule has 0 saturated heterocycles. The molecule has 6 heteroatoms. The van der Waals surface area contributed by atoms with Gasteiger partial charge >= 0.3 is 0 Å². The molecule has 0 amide bonds. The molecule has 2 aromatic rings. The molecular weight excluding hydrogens is 283 g/mol. The van der Waals surface area contributed by atoms with E-state index in [9.17, 15) is 14.5 Å². The smallest absolute Gasteiger partial charge is 0.292 e. The van der Waals surface area contributed by atoms with Gasteiger partial charge in [0.1, 0.15) is 11.5 Å². The third-order valence-corrected chi connectivity index (χ3v) is 3.23. The maximum Gasteiger partial charge on any atom is 0.292 e. The Kier molecular flexibility index (Phi) is 4.20. The highest BCUT2D eigenvalue weighted by molar-refractivity contribution is 6.31. The Morgan fingerprint density at radius 3 is 2.65 bits per heavy atom. The summed E-state index contributed by atoms with van der Waals surface area (Å²) in [6, 6.07) is 10.1. The van der Waals surface area contributed by atoms with Gasteiger partial charge in [-0.15, -0.1) is 0 Å². The number of rotatable bonds is 4. The summed E-state index contributed by atoms with van der Waals surface area (Å²) in [4.78, 5) is 10.5. The third kappa shape index (κ3) is 3.05. The van der Waals surface area contributed by atoms with Gasteiger partial charge in [-0.05, 0) is 30.7 Å². The van der Waals surface area contributed by atoms with Gasteiger partial charge in [-0.25, -0.2) is 4.39 Å². The van der Waals surface area contributed by atoms with Gasteiger partial charge in [-0.3, -0.25) is 10.1 Å².